The van der Waals surface area contributed by atoms with Crippen LogP contribution in [0.5, 0.6) is 11.5 Å². The number of nitro benzene ring substituents is 1. The molecule has 10 nitrogen and oxygen atoms in total. The van der Waals surface area contributed by atoms with Crippen LogP contribution in [0.15, 0.2) is 65.6 Å². The van der Waals surface area contributed by atoms with Gasteiger partial charge in [-0.3, -0.25) is 29.4 Å². The highest BCUT2D eigenvalue weighted by molar-refractivity contribution is 8.18. The van der Waals surface area contributed by atoms with Crippen LogP contribution in [0.3, 0.4) is 0 Å². The number of hydrogen-bond acceptors (Lipinski definition) is 8. The molecule has 3 aromatic carbocycles. The van der Waals surface area contributed by atoms with Crippen molar-refractivity contribution >= 4 is 46.3 Å². The Morgan fingerprint density at radius 2 is 1.70 bits per heavy atom. The third-order valence-corrected chi connectivity index (χ3v) is 6.70. The Morgan fingerprint density at radius 1 is 1.00 bits per heavy atom. The Kier molecular flexibility index (Phi) is 8.85. The molecule has 1 saturated heterocycles. The zero-order valence-corrected chi connectivity index (χ0v) is 22.9. The van der Waals surface area contributed by atoms with Crippen molar-refractivity contribution in [3.8, 4) is 11.5 Å². The molecule has 40 heavy (non-hydrogen) atoms. The summed E-state index contributed by atoms with van der Waals surface area (Å²) in [7, 11) is 0. The van der Waals surface area contributed by atoms with E-state index < -0.39 is 28.5 Å². The topological polar surface area (TPSA) is 128 Å². The fourth-order valence-corrected chi connectivity index (χ4v) is 4.89. The average molecular weight is 562 g/mol. The van der Waals surface area contributed by atoms with Gasteiger partial charge in [0.05, 0.1) is 16.4 Å². The number of rotatable bonds is 10. The molecule has 206 valence electrons. The minimum Gasteiger partial charge on any atom is -0.490 e. The molecule has 0 saturated carbocycles. The van der Waals surface area contributed by atoms with Crippen molar-refractivity contribution in [2.45, 2.75) is 27.4 Å². The van der Waals surface area contributed by atoms with Crippen LogP contribution in [0.4, 0.5) is 16.2 Å². The van der Waals surface area contributed by atoms with Gasteiger partial charge in [0.25, 0.3) is 16.8 Å². The third kappa shape index (κ3) is 7.06. The van der Waals surface area contributed by atoms with E-state index in [9.17, 15) is 24.5 Å². The van der Waals surface area contributed by atoms with Crippen LogP contribution in [0.1, 0.15) is 29.2 Å². The first kappa shape index (κ1) is 28.4. The van der Waals surface area contributed by atoms with Gasteiger partial charge >= 0.3 is 0 Å². The predicted molar refractivity (Wildman–Crippen MR) is 152 cm³/mol. The molecular weight excluding hydrogens is 534 g/mol. The molecule has 1 aliphatic rings. The van der Waals surface area contributed by atoms with Crippen molar-refractivity contribution in [2.75, 3.05) is 18.5 Å². The summed E-state index contributed by atoms with van der Waals surface area (Å²) in [6.45, 7) is 5.79. The first-order valence-corrected chi connectivity index (χ1v) is 13.2. The number of aryl methyl sites for hydroxylation is 2. The lowest BCUT2D eigenvalue weighted by atomic mass is 10.1. The van der Waals surface area contributed by atoms with E-state index in [0.29, 0.717) is 29.4 Å². The summed E-state index contributed by atoms with van der Waals surface area (Å²) in [5.41, 5.74) is 3.92. The van der Waals surface area contributed by atoms with Gasteiger partial charge in [-0.25, -0.2) is 0 Å². The summed E-state index contributed by atoms with van der Waals surface area (Å²) in [6, 6.07) is 16.7. The number of nitro groups is 1. The second-order valence-electron chi connectivity index (χ2n) is 9.04. The number of non-ortho nitro benzene ring substituents is 1. The van der Waals surface area contributed by atoms with Crippen molar-refractivity contribution in [2.24, 2.45) is 0 Å². The molecule has 1 fully saturated rings. The van der Waals surface area contributed by atoms with Crippen LogP contribution in [-0.4, -0.2) is 40.0 Å². The smallest absolute Gasteiger partial charge is 0.294 e. The van der Waals surface area contributed by atoms with E-state index >= 15 is 0 Å². The van der Waals surface area contributed by atoms with Crippen LogP contribution in [0.2, 0.25) is 0 Å². The normalized spacial score (nSPS) is 14.0. The maximum Gasteiger partial charge on any atom is 0.294 e. The van der Waals surface area contributed by atoms with Gasteiger partial charge in [-0.1, -0.05) is 12.1 Å². The Balaban J connectivity index is 1.43. The molecule has 0 radical (unpaired) electrons. The van der Waals surface area contributed by atoms with Gasteiger partial charge in [0.15, 0.2) is 11.5 Å². The van der Waals surface area contributed by atoms with Gasteiger partial charge in [-0.2, -0.15) is 0 Å². The number of amides is 3. The lowest BCUT2D eigenvalue weighted by Gasteiger charge is -2.13. The summed E-state index contributed by atoms with van der Waals surface area (Å²) < 4.78 is 11.6. The molecular formula is C29H27N3O7S. The highest BCUT2D eigenvalue weighted by atomic mass is 32.2. The quantitative estimate of drug-likeness (QED) is 0.185. The standard InChI is InChI=1S/C29H27N3O7S/c1-4-38-25-14-21(7-10-24(25)39-17-20-5-8-23(9-6-20)32(36)37)15-26-28(34)31(29(35)40-26)16-27(33)30-22-12-18(2)11-19(3)13-22/h5-15H,4,16-17H2,1-3H3,(H,30,33)/b26-15+. The lowest BCUT2D eigenvalue weighted by molar-refractivity contribution is -0.384. The van der Waals surface area contributed by atoms with Gasteiger partial charge < -0.3 is 14.8 Å². The molecule has 4 rings (SSSR count). The minimum atomic E-state index is -0.554. The number of hydrogen-bond donors (Lipinski definition) is 1. The van der Waals surface area contributed by atoms with Gasteiger partial charge in [0, 0.05) is 17.8 Å². The van der Waals surface area contributed by atoms with Crippen molar-refractivity contribution in [3.63, 3.8) is 0 Å². The van der Waals surface area contributed by atoms with E-state index in [4.69, 9.17) is 9.47 Å². The summed E-state index contributed by atoms with van der Waals surface area (Å²) in [4.78, 5) is 49.6. The molecule has 0 spiro atoms. The van der Waals surface area contributed by atoms with E-state index in [2.05, 4.69) is 5.32 Å². The molecule has 11 heteroatoms. The third-order valence-electron chi connectivity index (χ3n) is 5.79. The lowest BCUT2D eigenvalue weighted by Crippen LogP contribution is -2.36. The van der Waals surface area contributed by atoms with E-state index in [0.717, 1.165) is 33.4 Å². The molecule has 0 aromatic heterocycles. The molecule has 0 atom stereocenters. The minimum absolute atomic E-state index is 0.00508. The van der Waals surface area contributed by atoms with Crippen molar-refractivity contribution in [1.82, 2.24) is 4.90 Å². The number of carbonyl (C=O) groups excluding carboxylic acids is 3. The highest BCUT2D eigenvalue weighted by Crippen LogP contribution is 2.35. The highest BCUT2D eigenvalue weighted by Gasteiger charge is 2.36. The van der Waals surface area contributed by atoms with Crippen LogP contribution in [0, 0.1) is 24.0 Å². The molecule has 3 aromatic rings. The first-order chi connectivity index (χ1) is 19.1. The summed E-state index contributed by atoms with van der Waals surface area (Å²) in [5.74, 6) is -0.137. The van der Waals surface area contributed by atoms with Gasteiger partial charge in [0.2, 0.25) is 5.91 Å². The fraction of sp³-hybridized carbons (Fsp3) is 0.207. The Bertz CT molecular complexity index is 1480. The van der Waals surface area contributed by atoms with Crippen molar-refractivity contribution in [1.29, 1.82) is 0 Å². The molecule has 0 bridgehead atoms. The SMILES string of the molecule is CCOc1cc(/C=C2/SC(=O)N(CC(=O)Nc3cc(C)cc(C)c3)C2=O)ccc1OCc1ccc([N+](=O)[O-])cc1. The number of carbonyl (C=O) groups is 3. The number of nitrogens with zero attached hydrogens (tertiary/aromatic N) is 2. The van der Waals surface area contributed by atoms with Crippen LogP contribution < -0.4 is 14.8 Å². The molecule has 1 heterocycles. The molecule has 1 N–H and O–H groups in total. The second-order valence-corrected chi connectivity index (χ2v) is 10.0. The van der Waals surface area contributed by atoms with Crippen LogP contribution in [0.25, 0.3) is 6.08 Å². The monoisotopic (exact) mass is 561 g/mol. The van der Waals surface area contributed by atoms with Gasteiger partial charge in [0.1, 0.15) is 13.2 Å². The Labute approximate surface area is 235 Å². The largest absolute Gasteiger partial charge is 0.490 e. The maximum atomic E-state index is 13.0. The summed E-state index contributed by atoms with van der Waals surface area (Å²) >= 11 is 0.762. The molecule has 0 aliphatic carbocycles. The summed E-state index contributed by atoms with van der Waals surface area (Å²) in [5, 5.41) is 13.1. The van der Waals surface area contributed by atoms with Gasteiger partial charge in [-0.15, -0.1) is 0 Å². The number of nitrogens with one attached hydrogen (secondary N) is 1. The average Bonchev–Trinajstić information content (AvgIpc) is 3.15. The van der Waals surface area contributed by atoms with E-state index in [1.165, 1.54) is 12.1 Å². The zero-order chi connectivity index (χ0) is 28.8. The van der Waals surface area contributed by atoms with E-state index in [1.54, 1.807) is 36.4 Å². The van der Waals surface area contributed by atoms with Crippen LogP contribution in [-0.2, 0) is 16.2 Å². The van der Waals surface area contributed by atoms with Gasteiger partial charge in [-0.05, 0) is 97.3 Å². The number of ether oxygens (including phenoxy) is 2. The Hall–Kier alpha value is -4.64. The first-order valence-electron chi connectivity index (χ1n) is 12.4. The molecule has 1 aliphatic heterocycles. The van der Waals surface area contributed by atoms with E-state index in [-0.39, 0.29) is 17.2 Å². The molecule has 0 unspecified atom stereocenters. The summed E-state index contributed by atoms with van der Waals surface area (Å²) in [6.07, 6.45) is 1.56. The van der Waals surface area contributed by atoms with Crippen molar-refractivity contribution < 1.29 is 28.8 Å². The molecule has 3 amide bonds. The number of imide groups is 1. The maximum absolute atomic E-state index is 13.0. The van der Waals surface area contributed by atoms with E-state index in [1.807, 2.05) is 39.0 Å². The number of benzene rings is 3. The number of anilines is 1. The predicted octanol–water partition coefficient (Wildman–Crippen LogP) is 5.86. The fourth-order valence-electron chi connectivity index (χ4n) is 4.06. The number of thioether (sulfide) groups is 1. The second kappa shape index (κ2) is 12.5. The van der Waals surface area contributed by atoms with Crippen LogP contribution >= 0.6 is 11.8 Å². The van der Waals surface area contributed by atoms with Crippen molar-refractivity contribution in [3.05, 3.63) is 97.9 Å². The Morgan fingerprint density at radius 3 is 2.35 bits per heavy atom. The zero-order valence-electron chi connectivity index (χ0n) is 22.1.